The van der Waals surface area contributed by atoms with Crippen LogP contribution in [0.2, 0.25) is 0 Å². The molecule has 0 saturated heterocycles. The first-order chi connectivity index (χ1) is 13.5. The van der Waals surface area contributed by atoms with Crippen LogP contribution >= 0.6 is 27.3 Å². The summed E-state index contributed by atoms with van der Waals surface area (Å²) >= 11 is 4.70. The fourth-order valence-corrected chi connectivity index (χ4v) is 3.82. The van der Waals surface area contributed by atoms with E-state index in [1.807, 2.05) is 60.8 Å². The molecule has 4 nitrogen and oxygen atoms in total. The van der Waals surface area contributed by atoms with Gasteiger partial charge in [-0.1, -0.05) is 57.9 Å². The molecule has 3 rings (SSSR count). The Bertz CT molecular complexity index is 1020. The van der Waals surface area contributed by atoms with E-state index in [2.05, 4.69) is 21.2 Å². The molecule has 0 radical (unpaired) electrons. The van der Waals surface area contributed by atoms with Crippen LogP contribution in [0, 0.1) is 6.92 Å². The lowest BCUT2D eigenvalue weighted by molar-refractivity contribution is -0.111. The van der Waals surface area contributed by atoms with Crippen molar-refractivity contribution < 1.29 is 14.3 Å². The van der Waals surface area contributed by atoms with Gasteiger partial charge in [-0.25, -0.2) is 4.79 Å². The number of hydrogen-bond donors (Lipinski definition) is 1. The SMILES string of the molecule is COC(=O)c1c(-c2ccc(Br)cc2)csc1NC(=O)C=Cc1ccc(C)cc1. The molecule has 0 aliphatic carbocycles. The Morgan fingerprint density at radius 1 is 1.07 bits per heavy atom. The van der Waals surface area contributed by atoms with Crippen molar-refractivity contribution in [3.05, 3.63) is 81.2 Å². The summed E-state index contributed by atoms with van der Waals surface area (Å²) in [7, 11) is 1.33. The quantitative estimate of drug-likeness (QED) is 0.383. The predicted octanol–water partition coefficient (Wildman–Crippen LogP) is 5.92. The van der Waals surface area contributed by atoms with Crippen LogP contribution < -0.4 is 5.32 Å². The number of carbonyl (C=O) groups is 2. The zero-order valence-electron chi connectivity index (χ0n) is 15.4. The van der Waals surface area contributed by atoms with E-state index in [9.17, 15) is 9.59 Å². The Balaban J connectivity index is 1.85. The van der Waals surface area contributed by atoms with Crippen LogP contribution in [0.4, 0.5) is 5.00 Å². The fraction of sp³-hybridized carbons (Fsp3) is 0.0909. The maximum absolute atomic E-state index is 12.4. The summed E-state index contributed by atoms with van der Waals surface area (Å²) in [5.74, 6) is -0.799. The van der Waals surface area contributed by atoms with Crippen molar-refractivity contribution in [2.24, 2.45) is 0 Å². The van der Waals surface area contributed by atoms with Crippen LogP contribution in [0.25, 0.3) is 17.2 Å². The van der Waals surface area contributed by atoms with Crippen LogP contribution in [0.15, 0.2) is 64.5 Å². The molecule has 0 unspecified atom stereocenters. The number of benzene rings is 2. The molecule has 1 aromatic heterocycles. The highest BCUT2D eigenvalue weighted by Gasteiger charge is 2.21. The Labute approximate surface area is 176 Å². The van der Waals surface area contributed by atoms with Crippen LogP contribution in [0.5, 0.6) is 0 Å². The first kappa shape index (κ1) is 20.0. The van der Waals surface area contributed by atoms with Gasteiger partial charge in [-0.3, -0.25) is 4.79 Å². The molecule has 28 heavy (non-hydrogen) atoms. The molecule has 0 aliphatic rings. The number of rotatable bonds is 5. The van der Waals surface area contributed by atoms with Crippen LogP contribution in [-0.2, 0) is 9.53 Å². The summed E-state index contributed by atoms with van der Waals surface area (Å²) < 4.78 is 5.88. The minimum atomic E-state index is -0.489. The van der Waals surface area contributed by atoms with Gasteiger partial charge in [-0.15, -0.1) is 11.3 Å². The number of amides is 1. The topological polar surface area (TPSA) is 55.4 Å². The summed E-state index contributed by atoms with van der Waals surface area (Å²) in [6, 6.07) is 15.5. The lowest BCUT2D eigenvalue weighted by Crippen LogP contribution is -2.11. The van der Waals surface area contributed by atoms with E-state index in [1.54, 1.807) is 6.08 Å². The second-order valence-electron chi connectivity index (χ2n) is 6.09. The number of esters is 1. The van der Waals surface area contributed by atoms with Crippen LogP contribution in [0.1, 0.15) is 21.5 Å². The van der Waals surface area contributed by atoms with Crippen molar-refractivity contribution in [2.75, 3.05) is 12.4 Å². The second kappa shape index (κ2) is 8.99. The van der Waals surface area contributed by atoms with E-state index < -0.39 is 5.97 Å². The number of aryl methyl sites for hydroxylation is 1. The van der Waals surface area contributed by atoms with Crippen molar-refractivity contribution in [3.8, 4) is 11.1 Å². The first-order valence-electron chi connectivity index (χ1n) is 8.49. The molecule has 2 aromatic carbocycles. The molecular formula is C22H18BrNO3S. The summed E-state index contributed by atoms with van der Waals surface area (Å²) in [6.07, 6.45) is 3.18. The molecule has 1 amide bonds. The highest BCUT2D eigenvalue weighted by Crippen LogP contribution is 2.36. The summed E-state index contributed by atoms with van der Waals surface area (Å²) in [5, 5.41) is 5.10. The third-order valence-electron chi connectivity index (χ3n) is 4.08. The molecular weight excluding hydrogens is 438 g/mol. The molecule has 3 aromatic rings. The molecule has 0 bridgehead atoms. The van der Waals surface area contributed by atoms with Gasteiger partial charge in [-0.05, 0) is 36.3 Å². The standard InChI is InChI=1S/C22H18BrNO3S/c1-14-3-5-15(6-4-14)7-12-19(25)24-21-20(22(26)27-2)18(13-28-21)16-8-10-17(23)11-9-16/h3-13H,1-2H3,(H,24,25). The number of ether oxygens (including phenoxy) is 1. The molecule has 0 saturated carbocycles. The Kier molecular flexibility index (Phi) is 6.44. The molecule has 0 atom stereocenters. The van der Waals surface area contributed by atoms with Gasteiger partial charge in [0.15, 0.2) is 0 Å². The van der Waals surface area contributed by atoms with Crippen molar-refractivity contribution in [2.45, 2.75) is 6.92 Å². The van der Waals surface area contributed by atoms with Gasteiger partial charge in [0.1, 0.15) is 10.6 Å². The predicted molar refractivity (Wildman–Crippen MR) is 118 cm³/mol. The Hall–Kier alpha value is -2.70. The number of hydrogen-bond acceptors (Lipinski definition) is 4. The zero-order valence-corrected chi connectivity index (χ0v) is 17.8. The number of anilines is 1. The largest absolute Gasteiger partial charge is 0.465 e. The maximum atomic E-state index is 12.4. The first-order valence-corrected chi connectivity index (χ1v) is 10.2. The van der Waals surface area contributed by atoms with Gasteiger partial charge < -0.3 is 10.1 Å². The lowest BCUT2D eigenvalue weighted by Gasteiger charge is -2.07. The highest BCUT2D eigenvalue weighted by molar-refractivity contribution is 9.10. The van der Waals surface area contributed by atoms with Crippen molar-refractivity contribution >= 4 is 50.2 Å². The zero-order chi connectivity index (χ0) is 20.1. The number of halogens is 1. The van der Waals surface area contributed by atoms with Gasteiger partial charge in [0, 0.05) is 21.5 Å². The number of nitrogens with one attached hydrogen (secondary N) is 1. The summed E-state index contributed by atoms with van der Waals surface area (Å²) in [6.45, 7) is 2.01. The molecule has 142 valence electrons. The van der Waals surface area contributed by atoms with Crippen LogP contribution in [-0.4, -0.2) is 19.0 Å². The third kappa shape index (κ3) is 4.77. The van der Waals surface area contributed by atoms with Crippen molar-refractivity contribution in [1.82, 2.24) is 0 Å². The molecule has 6 heteroatoms. The van der Waals surface area contributed by atoms with Gasteiger partial charge in [0.05, 0.1) is 7.11 Å². The molecule has 0 fully saturated rings. The number of carbonyl (C=O) groups excluding carboxylic acids is 2. The van der Waals surface area contributed by atoms with E-state index in [0.717, 1.165) is 26.7 Å². The van der Waals surface area contributed by atoms with Crippen LogP contribution in [0.3, 0.4) is 0 Å². The van der Waals surface area contributed by atoms with Crippen molar-refractivity contribution in [1.29, 1.82) is 0 Å². The average Bonchev–Trinajstić information content (AvgIpc) is 3.11. The lowest BCUT2D eigenvalue weighted by atomic mass is 10.0. The molecule has 1 heterocycles. The average molecular weight is 456 g/mol. The molecule has 0 spiro atoms. The number of thiophene rings is 1. The van der Waals surface area contributed by atoms with Crippen molar-refractivity contribution in [3.63, 3.8) is 0 Å². The molecule has 1 N–H and O–H groups in total. The van der Waals surface area contributed by atoms with Gasteiger partial charge in [0.25, 0.3) is 0 Å². The van der Waals surface area contributed by atoms with Gasteiger partial charge >= 0.3 is 5.97 Å². The minimum Gasteiger partial charge on any atom is -0.465 e. The normalized spacial score (nSPS) is 10.8. The monoisotopic (exact) mass is 455 g/mol. The summed E-state index contributed by atoms with van der Waals surface area (Å²) in [5.41, 5.74) is 4.03. The maximum Gasteiger partial charge on any atom is 0.341 e. The van der Waals surface area contributed by atoms with E-state index in [1.165, 1.54) is 24.5 Å². The van der Waals surface area contributed by atoms with E-state index in [-0.39, 0.29) is 5.91 Å². The minimum absolute atomic E-state index is 0.310. The van der Waals surface area contributed by atoms with E-state index in [0.29, 0.717) is 10.6 Å². The highest BCUT2D eigenvalue weighted by atomic mass is 79.9. The van der Waals surface area contributed by atoms with E-state index >= 15 is 0 Å². The molecule has 0 aliphatic heterocycles. The van der Waals surface area contributed by atoms with Gasteiger partial charge in [-0.2, -0.15) is 0 Å². The van der Waals surface area contributed by atoms with E-state index in [4.69, 9.17) is 4.74 Å². The Morgan fingerprint density at radius 2 is 1.75 bits per heavy atom. The smallest absolute Gasteiger partial charge is 0.341 e. The fourth-order valence-electron chi connectivity index (χ4n) is 2.60. The third-order valence-corrected chi connectivity index (χ3v) is 5.50. The number of methoxy groups -OCH3 is 1. The van der Waals surface area contributed by atoms with Gasteiger partial charge in [0.2, 0.25) is 5.91 Å². The Morgan fingerprint density at radius 3 is 2.39 bits per heavy atom. The second-order valence-corrected chi connectivity index (χ2v) is 7.88. The summed E-state index contributed by atoms with van der Waals surface area (Å²) in [4.78, 5) is 24.7.